The molecule has 0 radical (unpaired) electrons. The van der Waals surface area contributed by atoms with E-state index in [9.17, 15) is 9.59 Å². The van der Waals surface area contributed by atoms with Gasteiger partial charge in [0, 0.05) is 23.5 Å². The van der Waals surface area contributed by atoms with Gasteiger partial charge in [-0.05, 0) is 49.3 Å². The fourth-order valence-corrected chi connectivity index (χ4v) is 4.95. The lowest BCUT2D eigenvalue weighted by Crippen LogP contribution is -2.24. The average molecular weight is 382 g/mol. The van der Waals surface area contributed by atoms with Crippen LogP contribution in [-0.2, 0) is 30.6 Å². The van der Waals surface area contributed by atoms with E-state index in [4.69, 9.17) is 0 Å². The van der Waals surface area contributed by atoms with Gasteiger partial charge >= 0.3 is 0 Å². The number of benzene rings is 1. The van der Waals surface area contributed by atoms with Crippen molar-refractivity contribution in [2.24, 2.45) is 0 Å². The van der Waals surface area contributed by atoms with E-state index in [1.165, 1.54) is 16.9 Å². The molecule has 1 aliphatic carbocycles. The number of aromatic nitrogens is 2. The van der Waals surface area contributed by atoms with Crippen LogP contribution in [0.1, 0.15) is 42.2 Å². The zero-order chi connectivity index (χ0) is 18.8. The molecule has 3 aromatic rings. The first-order valence-electron chi connectivity index (χ1n) is 9.55. The number of para-hydroxylation sites is 1. The van der Waals surface area contributed by atoms with E-state index in [-0.39, 0.29) is 17.9 Å². The topological polar surface area (TPSA) is 64.0 Å². The molecule has 4 rings (SSSR count). The van der Waals surface area contributed by atoms with Gasteiger partial charge < -0.3 is 5.32 Å². The zero-order valence-corrected chi connectivity index (χ0v) is 16.3. The van der Waals surface area contributed by atoms with Gasteiger partial charge in [-0.3, -0.25) is 14.2 Å². The highest BCUT2D eigenvalue weighted by Crippen LogP contribution is 2.33. The monoisotopic (exact) mass is 381 g/mol. The normalized spacial score (nSPS) is 13.5. The molecule has 1 amide bonds. The van der Waals surface area contributed by atoms with Crippen LogP contribution in [0, 0.1) is 0 Å². The lowest BCUT2D eigenvalue weighted by molar-refractivity contribution is -0.116. The third-order valence-corrected chi connectivity index (χ3v) is 6.39. The molecule has 27 heavy (non-hydrogen) atoms. The summed E-state index contributed by atoms with van der Waals surface area (Å²) in [5.74, 6) is -0.0877. The number of carbonyl (C=O) groups excluding carboxylic acids is 1. The van der Waals surface area contributed by atoms with Crippen LogP contribution in [0.25, 0.3) is 10.2 Å². The van der Waals surface area contributed by atoms with E-state index in [1.807, 2.05) is 24.3 Å². The Hall–Kier alpha value is -2.47. The summed E-state index contributed by atoms with van der Waals surface area (Å²) < 4.78 is 1.58. The van der Waals surface area contributed by atoms with Crippen LogP contribution in [0.15, 0.2) is 35.4 Å². The first-order chi connectivity index (χ1) is 13.2. The van der Waals surface area contributed by atoms with Crippen LogP contribution in [0.4, 0.5) is 5.69 Å². The summed E-state index contributed by atoms with van der Waals surface area (Å²) >= 11 is 1.65. The van der Waals surface area contributed by atoms with Gasteiger partial charge in [0.2, 0.25) is 5.91 Å². The Kier molecular flexibility index (Phi) is 5.07. The molecule has 0 fully saturated rings. The Balaban J connectivity index is 1.51. The Labute approximate surface area is 162 Å². The maximum atomic E-state index is 12.9. The number of carbonyl (C=O) groups is 1. The van der Waals surface area contributed by atoms with Crippen LogP contribution in [0.2, 0.25) is 0 Å². The molecule has 6 heteroatoms. The number of hydrogen-bond acceptors (Lipinski definition) is 4. The summed E-state index contributed by atoms with van der Waals surface area (Å²) in [5.41, 5.74) is 3.13. The minimum absolute atomic E-state index is 0.0128. The molecular weight excluding hydrogens is 358 g/mol. The minimum atomic E-state index is -0.0877. The van der Waals surface area contributed by atoms with Crippen molar-refractivity contribution in [3.8, 4) is 0 Å². The summed E-state index contributed by atoms with van der Waals surface area (Å²) in [5, 5.41) is 3.73. The molecule has 1 aromatic carbocycles. The van der Waals surface area contributed by atoms with Crippen LogP contribution < -0.4 is 10.9 Å². The average Bonchev–Trinajstić information content (AvgIpc) is 3.07. The van der Waals surface area contributed by atoms with Crippen LogP contribution in [0.5, 0.6) is 0 Å². The maximum Gasteiger partial charge on any atom is 0.262 e. The molecular formula is C21H23N3O2S. The summed E-state index contributed by atoms with van der Waals surface area (Å²) in [6, 6.07) is 7.80. The maximum absolute atomic E-state index is 12.9. The Bertz CT molecular complexity index is 1050. The highest BCUT2D eigenvalue weighted by atomic mass is 32.1. The van der Waals surface area contributed by atoms with Crippen molar-refractivity contribution in [2.75, 3.05) is 5.32 Å². The predicted molar refractivity (Wildman–Crippen MR) is 110 cm³/mol. The zero-order valence-electron chi connectivity index (χ0n) is 15.5. The van der Waals surface area contributed by atoms with Crippen molar-refractivity contribution in [3.05, 3.63) is 57.0 Å². The smallest absolute Gasteiger partial charge is 0.262 e. The number of thiophene rings is 1. The van der Waals surface area contributed by atoms with Crippen molar-refractivity contribution in [1.82, 2.24) is 9.55 Å². The summed E-state index contributed by atoms with van der Waals surface area (Å²) in [7, 11) is 0. The third-order valence-electron chi connectivity index (χ3n) is 5.19. The van der Waals surface area contributed by atoms with Crippen molar-refractivity contribution < 1.29 is 4.79 Å². The van der Waals surface area contributed by atoms with Crippen LogP contribution in [0.3, 0.4) is 0 Å². The molecule has 0 aliphatic heterocycles. The van der Waals surface area contributed by atoms with Gasteiger partial charge in [0.1, 0.15) is 4.83 Å². The van der Waals surface area contributed by atoms with E-state index < -0.39 is 0 Å². The quantitative estimate of drug-likeness (QED) is 0.728. The Morgan fingerprint density at radius 3 is 2.93 bits per heavy atom. The van der Waals surface area contributed by atoms with E-state index >= 15 is 0 Å². The van der Waals surface area contributed by atoms with Gasteiger partial charge in [-0.15, -0.1) is 11.3 Å². The number of anilines is 1. The highest BCUT2D eigenvalue weighted by molar-refractivity contribution is 7.18. The molecule has 0 atom stereocenters. The van der Waals surface area contributed by atoms with E-state index in [0.29, 0.717) is 6.54 Å². The van der Waals surface area contributed by atoms with Crippen molar-refractivity contribution >= 4 is 33.1 Å². The molecule has 2 aromatic heterocycles. The second kappa shape index (κ2) is 7.64. The molecule has 1 N–H and O–H groups in total. The molecule has 0 spiro atoms. The molecule has 2 heterocycles. The Morgan fingerprint density at radius 2 is 2.07 bits per heavy atom. The lowest BCUT2D eigenvalue weighted by atomic mass is 9.97. The molecule has 5 nitrogen and oxygen atoms in total. The summed E-state index contributed by atoms with van der Waals surface area (Å²) in [6.45, 7) is 2.40. The summed E-state index contributed by atoms with van der Waals surface area (Å²) in [4.78, 5) is 31.9. The third kappa shape index (κ3) is 3.54. The number of nitrogens with zero attached hydrogens (tertiary/aromatic N) is 2. The second-order valence-electron chi connectivity index (χ2n) is 6.94. The van der Waals surface area contributed by atoms with E-state index in [0.717, 1.165) is 47.2 Å². The summed E-state index contributed by atoms with van der Waals surface area (Å²) in [6.07, 6.45) is 7.02. The first kappa shape index (κ1) is 17.9. The minimum Gasteiger partial charge on any atom is -0.326 e. The molecule has 0 bridgehead atoms. The molecule has 140 valence electrons. The second-order valence-corrected chi connectivity index (χ2v) is 8.03. The van der Waals surface area contributed by atoms with Crippen LogP contribution >= 0.6 is 11.3 Å². The number of aryl methyl sites for hydroxylation is 4. The largest absolute Gasteiger partial charge is 0.326 e. The van der Waals surface area contributed by atoms with Gasteiger partial charge in [0.25, 0.3) is 5.56 Å². The molecule has 0 saturated heterocycles. The number of nitrogens with one attached hydrogen (secondary N) is 1. The molecule has 0 saturated carbocycles. The lowest BCUT2D eigenvalue weighted by Gasteiger charge is -2.11. The SMILES string of the molecule is CCc1ccccc1NC(=O)CCn1cnc2sc3c(c2c1=O)CCCC3. The Morgan fingerprint density at radius 1 is 1.26 bits per heavy atom. The fourth-order valence-electron chi connectivity index (χ4n) is 3.73. The molecule has 0 unspecified atom stereocenters. The number of amides is 1. The van der Waals surface area contributed by atoms with Gasteiger partial charge in [0.05, 0.1) is 11.7 Å². The van der Waals surface area contributed by atoms with E-state index in [1.54, 1.807) is 22.2 Å². The van der Waals surface area contributed by atoms with Gasteiger partial charge in [0.15, 0.2) is 0 Å². The van der Waals surface area contributed by atoms with Gasteiger partial charge in [-0.25, -0.2) is 4.98 Å². The number of rotatable bonds is 5. The first-order valence-corrected chi connectivity index (χ1v) is 10.4. The van der Waals surface area contributed by atoms with Crippen molar-refractivity contribution in [1.29, 1.82) is 0 Å². The molecule has 1 aliphatic rings. The van der Waals surface area contributed by atoms with E-state index in [2.05, 4.69) is 17.2 Å². The number of hydrogen-bond donors (Lipinski definition) is 1. The van der Waals surface area contributed by atoms with Gasteiger partial charge in [-0.1, -0.05) is 25.1 Å². The predicted octanol–water partition coefficient (Wildman–Crippen LogP) is 3.93. The standard InChI is InChI=1S/C21H23N3O2S/c1-2-14-7-3-5-9-16(14)23-18(25)11-12-24-13-22-20-19(21(24)26)15-8-4-6-10-17(15)27-20/h3,5,7,9,13H,2,4,6,8,10-12H2,1H3,(H,23,25). The van der Waals surface area contributed by atoms with Crippen molar-refractivity contribution in [3.63, 3.8) is 0 Å². The van der Waals surface area contributed by atoms with Gasteiger partial charge in [-0.2, -0.15) is 0 Å². The van der Waals surface area contributed by atoms with Crippen LogP contribution in [-0.4, -0.2) is 15.5 Å². The fraction of sp³-hybridized carbons (Fsp3) is 0.381. The van der Waals surface area contributed by atoms with Crippen molar-refractivity contribution in [2.45, 2.75) is 52.0 Å². The number of fused-ring (bicyclic) bond motifs is 3. The highest BCUT2D eigenvalue weighted by Gasteiger charge is 2.20.